The maximum Gasteiger partial charge on any atom is 0.317 e. The lowest BCUT2D eigenvalue weighted by Crippen LogP contribution is -2.40. The molecule has 0 aliphatic rings. The van der Waals surface area contributed by atoms with Gasteiger partial charge in [-0.15, -0.1) is 0 Å². The van der Waals surface area contributed by atoms with Crippen molar-refractivity contribution in [1.29, 1.82) is 0 Å². The van der Waals surface area contributed by atoms with Gasteiger partial charge in [-0.25, -0.2) is 0 Å². The van der Waals surface area contributed by atoms with Crippen LogP contribution in [0.2, 0.25) is 0 Å². The Morgan fingerprint density at radius 2 is 1.83 bits per heavy atom. The van der Waals surface area contributed by atoms with Crippen molar-refractivity contribution < 1.29 is 14.7 Å². The van der Waals surface area contributed by atoms with Crippen LogP contribution >= 0.6 is 0 Å². The molecule has 0 bridgehead atoms. The van der Waals surface area contributed by atoms with E-state index in [1.54, 1.807) is 4.90 Å². The quantitative estimate of drug-likeness (QED) is 0.694. The number of carboxylic acid groups (broad SMARTS) is 1. The van der Waals surface area contributed by atoms with Crippen LogP contribution in [0, 0.1) is 0 Å². The molecule has 0 saturated carbocycles. The van der Waals surface area contributed by atoms with Crippen LogP contribution < -0.4 is 5.32 Å². The highest BCUT2D eigenvalue weighted by Crippen LogP contribution is 2.14. The Labute approximate surface area is 138 Å². The molecule has 1 amide bonds. The van der Waals surface area contributed by atoms with E-state index in [1.165, 1.54) is 11.1 Å². The monoisotopic (exact) mass is 320 g/mol. The average Bonchev–Trinajstić information content (AvgIpc) is 2.47. The second-order valence-corrected chi connectivity index (χ2v) is 6.10. The standard InChI is InChI=1S/C18H28N2O3/c1-4-11-20(13-18(22)23)12-17(21)19-10-9-15-5-7-16(8-6-15)14(2)3/h5-8,14H,4,9-13H2,1-3H3,(H,19,21)(H,22,23). The van der Waals surface area contributed by atoms with Gasteiger partial charge in [-0.05, 0) is 36.4 Å². The van der Waals surface area contributed by atoms with Crippen molar-refractivity contribution in [3.63, 3.8) is 0 Å². The Kier molecular flexibility index (Phi) is 8.33. The van der Waals surface area contributed by atoms with Crippen molar-refractivity contribution in [2.24, 2.45) is 0 Å². The summed E-state index contributed by atoms with van der Waals surface area (Å²) in [6.45, 7) is 7.49. The largest absolute Gasteiger partial charge is 0.480 e. The third-order valence-electron chi connectivity index (χ3n) is 3.65. The van der Waals surface area contributed by atoms with E-state index in [0.29, 0.717) is 19.0 Å². The molecule has 128 valence electrons. The van der Waals surface area contributed by atoms with E-state index in [9.17, 15) is 9.59 Å². The van der Waals surface area contributed by atoms with E-state index in [1.807, 2.05) is 6.92 Å². The molecule has 0 aromatic heterocycles. The molecule has 0 aliphatic carbocycles. The minimum absolute atomic E-state index is 0.0993. The molecule has 0 saturated heterocycles. The third kappa shape index (κ3) is 7.79. The normalized spacial score (nSPS) is 11.0. The van der Waals surface area contributed by atoms with Crippen molar-refractivity contribution in [2.45, 2.75) is 39.5 Å². The molecule has 1 aromatic carbocycles. The summed E-state index contributed by atoms with van der Waals surface area (Å²) in [6, 6.07) is 8.43. The second-order valence-electron chi connectivity index (χ2n) is 6.10. The Balaban J connectivity index is 2.36. The smallest absolute Gasteiger partial charge is 0.317 e. The van der Waals surface area contributed by atoms with Crippen LogP contribution in [0.1, 0.15) is 44.2 Å². The van der Waals surface area contributed by atoms with Gasteiger partial charge in [-0.1, -0.05) is 45.0 Å². The lowest BCUT2D eigenvalue weighted by atomic mass is 10.0. The zero-order valence-corrected chi connectivity index (χ0v) is 14.3. The van der Waals surface area contributed by atoms with Gasteiger partial charge in [0.25, 0.3) is 0 Å². The first-order valence-electron chi connectivity index (χ1n) is 8.22. The molecule has 1 rings (SSSR count). The van der Waals surface area contributed by atoms with Crippen LogP contribution in [0.3, 0.4) is 0 Å². The number of nitrogens with one attached hydrogen (secondary N) is 1. The van der Waals surface area contributed by atoms with E-state index in [4.69, 9.17) is 5.11 Å². The van der Waals surface area contributed by atoms with Crippen molar-refractivity contribution in [3.05, 3.63) is 35.4 Å². The molecule has 5 nitrogen and oxygen atoms in total. The highest BCUT2D eigenvalue weighted by atomic mass is 16.4. The third-order valence-corrected chi connectivity index (χ3v) is 3.65. The summed E-state index contributed by atoms with van der Waals surface area (Å²) in [4.78, 5) is 24.3. The number of hydrogen-bond acceptors (Lipinski definition) is 3. The number of hydrogen-bond donors (Lipinski definition) is 2. The van der Waals surface area contributed by atoms with Crippen LogP contribution in [0.5, 0.6) is 0 Å². The summed E-state index contributed by atoms with van der Waals surface area (Å²) in [5.74, 6) is -0.516. The Bertz CT molecular complexity index is 497. The first-order chi connectivity index (χ1) is 10.9. The molecule has 0 aliphatic heterocycles. The summed E-state index contributed by atoms with van der Waals surface area (Å²) < 4.78 is 0. The number of amides is 1. The van der Waals surface area contributed by atoms with Crippen LogP contribution in [-0.4, -0.2) is 48.1 Å². The number of carbonyl (C=O) groups is 2. The molecule has 5 heteroatoms. The molecular weight excluding hydrogens is 292 g/mol. The molecule has 0 radical (unpaired) electrons. The van der Waals surface area contributed by atoms with Gasteiger partial charge in [0, 0.05) is 6.54 Å². The summed E-state index contributed by atoms with van der Waals surface area (Å²) in [6.07, 6.45) is 1.60. The summed E-state index contributed by atoms with van der Waals surface area (Å²) >= 11 is 0. The van der Waals surface area contributed by atoms with E-state index in [-0.39, 0.29) is 19.0 Å². The predicted molar refractivity (Wildman–Crippen MR) is 91.6 cm³/mol. The van der Waals surface area contributed by atoms with Gasteiger partial charge in [0.15, 0.2) is 0 Å². The fourth-order valence-electron chi connectivity index (χ4n) is 2.40. The molecule has 0 heterocycles. The van der Waals surface area contributed by atoms with Gasteiger partial charge in [0.1, 0.15) is 0 Å². The maximum atomic E-state index is 11.9. The maximum absolute atomic E-state index is 11.9. The van der Waals surface area contributed by atoms with E-state index < -0.39 is 5.97 Å². The number of carbonyl (C=O) groups excluding carboxylic acids is 1. The molecular formula is C18H28N2O3. The average molecular weight is 320 g/mol. The molecule has 2 N–H and O–H groups in total. The number of carboxylic acids is 1. The van der Waals surface area contributed by atoms with Gasteiger partial charge >= 0.3 is 5.97 Å². The van der Waals surface area contributed by atoms with Gasteiger partial charge in [-0.2, -0.15) is 0 Å². The SMILES string of the molecule is CCCN(CC(=O)O)CC(=O)NCCc1ccc(C(C)C)cc1. The van der Waals surface area contributed by atoms with Crippen molar-refractivity contribution in [1.82, 2.24) is 10.2 Å². The molecule has 0 atom stereocenters. The molecule has 0 fully saturated rings. The zero-order chi connectivity index (χ0) is 17.2. The van der Waals surface area contributed by atoms with Crippen LogP contribution in [0.15, 0.2) is 24.3 Å². The molecule has 0 spiro atoms. The highest BCUT2D eigenvalue weighted by molar-refractivity contribution is 5.79. The number of nitrogens with zero attached hydrogens (tertiary/aromatic N) is 1. The van der Waals surface area contributed by atoms with E-state index in [0.717, 1.165) is 12.8 Å². The first-order valence-corrected chi connectivity index (χ1v) is 8.22. The lowest BCUT2D eigenvalue weighted by molar-refractivity contribution is -0.138. The molecule has 0 unspecified atom stereocenters. The molecule has 23 heavy (non-hydrogen) atoms. The zero-order valence-electron chi connectivity index (χ0n) is 14.3. The van der Waals surface area contributed by atoms with Crippen molar-refractivity contribution in [2.75, 3.05) is 26.2 Å². The number of aliphatic carboxylic acids is 1. The highest BCUT2D eigenvalue weighted by Gasteiger charge is 2.12. The molecule has 1 aromatic rings. The van der Waals surface area contributed by atoms with Gasteiger partial charge in [0.2, 0.25) is 5.91 Å². The Morgan fingerprint density at radius 3 is 2.35 bits per heavy atom. The lowest BCUT2D eigenvalue weighted by Gasteiger charge is -2.18. The Hall–Kier alpha value is -1.88. The van der Waals surface area contributed by atoms with Crippen molar-refractivity contribution in [3.8, 4) is 0 Å². The second kappa shape index (κ2) is 10.0. The topological polar surface area (TPSA) is 69.6 Å². The summed E-state index contributed by atoms with van der Waals surface area (Å²) in [5, 5.41) is 11.7. The first kappa shape index (κ1) is 19.2. The predicted octanol–water partition coefficient (Wildman–Crippen LogP) is 2.27. The minimum atomic E-state index is -0.906. The van der Waals surface area contributed by atoms with Crippen molar-refractivity contribution >= 4 is 11.9 Å². The number of benzene rings is 1. The number of rotatable bonds is 10. The van der Waals surface area contributed by atoms with Gasteiger partial charge < -0.3 is 10.4 Å². The summed E-state index contributed by atoms with van der Waals surface area (Å²) in [7, 11) is 0. The van der Waals surface area contributed by atoms with E-state index >= 15 is 0 Å². The van der Waals surface area contributed by atoms with Crippen LogP contribution in [0.25, 0.3) is 0 Å². The minimum Gasteiger partial charge on any atom is -0.480 e. The van der Waals surface area contributed by atoms with Gasteiger partial charge in [0.05, 0.1) is 13.1 Å². The van der Waals surface area contributed by atoms with E-state index in [2.05, 4.69) is 43.4 Å². The van der Waals surface area contributed by atoms with Crippen LogP contribution in [-0.2, 0) is 16.0 Å². The summed E-state index contributed by atoms with van der Waals surface area (Å²) in [5.41, 5.74) is 2.49. The Morgan fingerprint density at radius 1 is 1.17 bits per heavy atom. The fourth-order valence-corrected chi connectivity index (χ4v) is 2.40. The van der Waals surface area contributed by atoms with Crippen LogP contribution in [0.4, 0.5) is 0 Å². The fraction of sp³-hybridized carbons (Fsp3) is 0.556. The van der Waals surface area contributed by atoms with Gasteiger partial charge in [-0.3, -0.25) is 14.5 Å².